The number of aromatic nitrogens is 1. The van der Waals surface area contributed by atoms with E-state index in [9.17, 15) is 22.8 Å². The van der Waals surface area contributed by atoms with Gasteiger partial charge in [-0.05, 0) is 31.4 Å². The number of nitrogens with one attached hydrogen (secondary N) is 1. The van der Waals surface area contributed by atoms with E-state index >= 15 is 0 Å². The van der Waals surface area contributed by atoms with Gasteiger partial charge in [0.25, 0.3) is 5.91 Å². The van der Waals surface area contributed by atoms with E-state index in [-0.39, 0.29) is 22.2 Å². The maximum absolute atomic E-state index is 12.9. The van der Waals surface area contributed by atoms with Crippen LogP contribution in [-0.4, -0.2) is 22.3 Å². The van der Waals surface area contributed by atoms with Gasteiger partial charge in [-0.15, -0.1) is 11.3 Å². The zero-order chi connectivity index (χ0) is 20.4. The molecule has 5 nitrogen and oxygen atoms in total. The van der Waals surface area contributed by atoms with Gasteiger partial charge in [0.15, 0.2) is 0 Å². The Balaban J connectivity index is 2.25. The lowest BCUT2D eigenvalue weighted by molar-refractivity contribution is -0.137. The Hall–Kier alpha value is -2.42. The summed E-state index contributed by atoms with van der Waals surface area (Å²) in [5.41, 5.74) is 3.66. The number of primary amides is 1. The van der Waals surface area contributed by atoms with E-state index in [2.05, 4.69) is 10.3 Å². The maximum atomic E-state index is 12.9. The van der Waals surface area contributed by atoms with Crippen molar-refractivity contribution in [3.8, 4) is 10.6 Å². The SMILES string of the molecule is CC(C)CC(C)(NC(=O)c1csc(-c2cccc(C(F)(F)F)c2)n1)C(N)=O. The van der Waals surface area contributed by atoms with Crippen molar-refractivity contribution >= 4 is 23.2 Å². The molecule has 2 amide bonds. The van der Waals surface area contributed by atoms with Crippen molar-refractivity contribution in [3.63, 3.8) is 0 Å². The number of nitrogens with two attached hydrogens (primary N) is 1. The number of benzene rings is 1. The second kappa shape index (κ2) is 7.67. The summed E-state index contributed by atoms with van der Waals surface area (Å²) in [6, 6.07) is 4.72. The van der Waals surface area contributed by atoms with Crippen molar-refractivity contribution in [2.45, 2.75) is 38.9 Å². The smallest absolute Gasteiger partial charge is 0.368 e. The Kier molecular flexibility index (Phi) is 5.94. The highest BCUT2D eigenvalue weighted by atomic mass is 32.1. The molecule has 0 aliphatic rings. The van der Waals surface area contributed by atoms with Crippen LogP contribution >= 0.6 is 11.3 Å². The van der Waals surface area contributed by atoms with Gasteiger partial charge in [0, 0.05) is 10.9 Å². The number of amides is 2. The van der Waals surface area contributed by atoms with E-state index in [1.54, 1.807) is 0 Å². The summed E-state index contributed by atoms with van der Waals surface area (Å²) in [5, 5.41) is 4.30. The number of alkyl halides is 3. The number of thiazole rings is 1. The number of nitrogens with zero attached hydrogens (tertiary/aromatic N) is 1. The number of carbonyl (C=O) groups is 2. The Morgan fingerprint density at radius 3 is 2.52 bits per heavy atom. The number of hydrogen-bond acceptors (Lipinski definition) is 4. The van der Waals surface area contributed by atoms with Gasteiger partial charge in [0.2, 0.25) is 5.91 Å². The number of carbonyl (C=O) groups excluding carboxylic acids is 2. The molecule has 1 atom stereocenters. The van der Waals surface area contributed by atoms with Crippen LogP contribution in [0.3, 0.4) is 0 Å². The van der Waals surface area contributed by atoms with Gasteiger partial charge in [0.1, 0.15) is 16.2 Å². The molecule has 1 aromatic heterocycles. The minimum absolute atomic E-state index is 0.0173. The van der Waals surface area contributed by atoms with E-state index in [1.807, 2.05) is 13.8 Å². The van der Waals surface area contributed by atoms with Crippen LogP contribution in [0.15, 0.2) is 29.6 Å². The number of rotatable bonds is 6. The summed E-state index contributed by atoms with van der Waals surface area (Å²) in [5.74, 6) is -1.16. The summed E-state index contributed by atoms with van der Waals surface area (Å²) in [6.45, 7) is 5.32. The molecule has 0 saturated heterocycles. The van der Waals surface area contributed by atoms with Gasteiger partial charge in [-0.25, -0.2) is 4.98 Å². The number of halogens is 3. The van der Waals surface area contributed by atoms with Crippen LogP contribution in [0.5, 0.6) is 0 Å². The first kappa shape index (κ1) is 20.9. The van der Waals surface area contributed by atoms with Crippen molar-refractivity contribution in [2.24, 2.45) is 11.7 Å². The Morgan fingerprint density at radius 2 is 1.96 bits per heavy atom. The molecule has 27 heavy (non-hydrogen) atoms. The summed E-state index contributed by atoms with van der Waals surface area (Å²) >= 11 is 1.04. The molecule has 0 bridgehead atoms. The fourth-order valence-electron chi connectivity index (χ4n) is 2.68. The van der Waals surface area contributed by atoms with Crippen molar-refractivity contribution < 1.29 is 22.8 Å². The molecule has 0 fully saturated rings. The lowest BCUT2D eigenvalue weighted by atomic mass is 9.90. The Bertz CT molecular complexity index is 848. The molecule has 1 aromatic carbocycles. The molecule has 146 valence electrons. The summed E-state index contributed by atoms with van der Waals surface area (Å²) < 4.78 is 38.6. The second-order valence-electron chi connectivity index (χ2n) is 6.86. The summed E-state index contributed by atoms with van der Waals surface area (Å²) in [7, 11) is 0. The third kappa shape index (κ3) is 5.06. The first-order valence-corrected chi connectivity index (χ1v) is 9.06. The fourth-order valence-corrected chi connectivity index (χ4v) is 3.48. The molecule has 0 saturated carbocycles. The van der Waals surface area contributed by atoms with E-state index in [0.717, 1.165) is 23.5 Å². The molecule has 9 heteroatoms. The van der Waals surface area contributed by atoms with Crippen LogP contribution in [0.1, 0.15) is 43.2 Å². The average Bonchev–Trinajstić information content (AvgIpc) is 3.03. The van der Waals surface area contributed by atoms with Crippen molar-refractivity contribution in [2.75, 3.05) is 0 Å². The standard InChI is InChI=1S/C18H20F3N3O2S/c1-10(2)8-17(3,16(22)26)24-14(25)13-9-27-15(23-13)11-5-4-6-12(7-11)18(19,20)21/h4-7,9-10H,8H2,1-3H3,(H2,22,26)(H,24,25). The lowest BCUT2D eigenvalue weighted by Gasteiger charge is -2.28. The molecular weight excluding hydrogens is 379 g/mol. The highest BCUT2D eigenvalue weighted by Gasteiger charge is 2.34. The molecule has 1 heterocycles. The topological polar surface area (TPSA) is 85.1 Å². The van der Waals surface area contributed by atoms with Crippen LogP contribution in [0.4, 0.5) is 13.2 Å². The van der Waals surface area contributed by atoms with Crippen molar-refractivity contribution in [3.05, 3.63) is 40.9 Å². The monoisotopic (exact) mass is 399 g/mol. The molecule has 2 rings (SSSR count). The van der Waals surface area contributed by atoms with E-state index in [0.29, 0.717) is 6.42 Å². The molecular formula is C18H20F3N3O2S. The molecule has 3 N–H and O–H groups in total. The third-order valence-electron chi connectivity index (χ3n) is 3.92. The van der Waals surface area contributed by atoms with E-state index in [4.69, 9.17) is 5.73 Å². The van der Waals surface area contributed by atoms with Crippen LogP contribution in [-0.2, 0) is 11.0 Å². The first-order chi connectivity index (χ1) is 12.4. The van der Waals surface area contributed by atoms with Gasteiger partial charge in [-0.2, -0.15) is 13.2 Å². The van der Waals surface area contributed by atoms with Crippen LogP contribution in [0, 0.1) is 5.92 Å². The largest absolute Gasteiger partial charge is 0.416 e. The molecule has 0 aliphatic heterocycles. The lowest BCUT2D eigenvalue weighted by Crippen LogP contribution is -2.56. The Morgan fingerprint density at radius 1 is 1.30 bits per heavy atom. The van der Waals surface area contributed by atoms with Crippen molar-refractivity contribution in [1.82, 2.24) is 10.3 Å². The van der Waals surface area contributed by atoms with Gasteiger partial charge in [-0.1, -0.05) is 26.0 Å². The normalized spacial score (nSPS) is 14.0. The third-order valence-corrected chi connectivity index (χ3v) is 4.81. The molecule has 1 unspecified atom stereocenters. The molecule has 2 aromatic rings. The van der Waals surface area contributed by atoms with Gasteiger partial charge in [0.05, 0.1) is 5.56 Å². The number of hydrogen-bond donors (Lipinski definition) is 2. The zero-order valence-electron chi connectivity index (χ0n) is 15.1. The fraction of sp³-hybridized carbons (Fsp3) is 0.389. The maximum Gasteiger partial charge on any atom is 0.416 e. The minimum atomic E-state index is -4.46. The first-order valence-electron chi connectivity index (χ1n) is 8.18. The summed E-state index contributed by atoms with van der Waals surface area (Å²) in [4.78, 5) is 28.3. The van der Waals surface area contributed by atoms with Crippen LogP contribution < -0.4 is 11.1 Å². The minimum Gasteiger partial charge on any atom is -0.368 e. The highest BCUT2D eigenvalue weighted by molar-refractivity contribution is 7.13. The van der Waals surface area contributed by atoms with Crippen LogP contribution in [0.2, 0.25) is 0 Å². The average molecular weight is 399 g/mol. The summed E-state index contributed by atoms with van der Waals surface area (Å²) in [6.07, 6.45) is -4.12. The zero-order valence-corrected chi connectivity index (χ0v) is 15.9. The second-order valence-corrected chi connectivity index (χ2v) is 7.72. The van der Waals surface area contributed by atoms with E-state index < -0.39 is 29.1 Å². The molecule has 0 aliphatic carbocycles. The predicted molar refractivity (Wildman–Crippen MR) is 97.1 cm³/mol. The molecule has 0 spiro atoms. The van der Waals surface area contributed by atoms with Gasteiger partial charge in [-0.3, -0.25) is 9.59 Å². The van der Waals surface area contributed by atoms with E-state index in [1.165, 1.54) is 24.4 Å². The highest BCUT2D eigenvalue weighted by Crippen LogP contribution is 2.33. The predicted octanol–water partition coefficient (Wildman–Crippen LogP) is 3.85. The van der Waals surface area contributed by atoms with Crippen LogP contribution in [0.25, 0.3) is 10.6 Å². The van der Waals surface area contributed by atoms with Gasteiger partial charge >= 0.3 is 6.18 Å². The quantitative estimate of drug-likeness (QED) is 0.774. The van der Waals surface area contributed by atoms with Crippen molar-refractivity contribution in [1.29, 1.82) is 0 Å². The Labute approximate surface area is 158 Å². The van der Waals surface area contributed by atoms with Gasteiger partial charge < -0.3 is 11.1 Å². The molecule has 0 radical (unpaired) electrons.